The Bertz CT molecular complexity index is 345. The van der Waals surface area contributed by atoms with E-state index in [4.69, 9.17) is 7.48 Å². The number of ether oxygens (including phenoxy) is 1. The first-order valence-electron chi connectivity index (χ1n) is 5.86. The Morgan fingerprint density at radius 2 is 2.00 bits per heavy atom. The second kappa shape index (κ2) is 5.22. The fourth-order valence-corrected chi connectivity index (χ4v) is 1.04. The predicted molar refractivity (Wildman–Crippen MR) is 65.4 cm³/mol. The zero-order valence-corrected chi connectivity index (χ0v) is 11.3. The van der Waals surface area contributed by atoms with Crippen molar-refractivity contribution in [1.82, 2.24) is 5.32 Å². The lowest BCUT2D eigenvalue weighted by molar-refractivity contribution is 0.0535. The molecule has 0 aliphatic heterocycles. The van der Waals surface area contributed by atoms with Crippen molar-refractivity contribution in [1.29, 1.82) is 0 Å². The molecule has 0 saturated heterocycles. The molecule has 0 fully saturated rings. The van der Waals surface area contributed by atoms with Crippen molar-refractivity contribution in [3.8, 4) is 11.5 Å². The summed E-state index contributed by atoms with van der Waals surface area (Å²) < 4.78 is 20.1. The molecule has 15 heavy (non-hydrogen) atoms. The number of hydrogen-bond donors (Lipinski definition) is 1. The smallest absolute Gasteiger partial charge is 0.408 e. The fraction of sp³-hybridized carbons (Fsp3) is 0.727. The van der Waals surface area contributed by atoms with Crippen LogP contribution < -0.4 is 5.32 Å². The van der Waals surface area contributed by atoms with Gasteiger partial charge in [-0.25, -0.2) is 4.79 Å². The topological polar surface area (TPSA) is 38.3 Å². The van der Waals surface area contributed by atoms with Crippen molar-refractivity contribution in [2.75, 3.05) is 6.50 Å². The summed E-state index contributed by atoms with van der Waals surface area (Å²) in [5.41, 5.74) is 2.23. The summed E-state index contributed by atoms with van der Waals surface area (Å²) in [6.07, 6.45) is -0.799. The van der Waals surface area contributed by atoms with Crippen molar-refractivity contribution >= 4 is 14.2 Å². The molecule has 0 heterocycles. The van der Waals surface area contributed by atoms with Gasteiger partial charge in [0.15, 0.2) is 0 Å². The van der Waals surface area contributed by atoms with Crippen molar-refractivity contribution < 1.29 is 12.3 Å². The molecule has 0 bridgehead atoms. The lowest BCUT2D eigenvalue weighted by atomic mass is 10.2. The number of hydrogen-bond acceptors (Lipinski definition) is 2. The molecule has 4 heteroatoms. The summed E-state index contributed by atoms with van der Waals surface area (Å²) in [5, 5.41) is 2.11. The van der Waals surface area contributed by atoms with E-state index in [1.807, 2.05) is 19.6 Å². The van der Waals surface area contributed by atoms with Crippen LogP contribution in [0.1, 0.15) is 23.5 Å². The first-order valence-corrected chi connectivity index (χ1v) is 8.36. The van der Waals surface area contributed by atoms with E-state index in [0.717, 1.165) is 0 Å². The lowest BCUT2D eigenvalue weighted by Crippen LogP contribution is -2.32. The SMILES string of the molecule is [2H]C([2H])(C#C[Si](C)(C)C)NC(=O)OC(C)(C)C. The van der Waals surface area contributed by atoms with E-state index in [1.54, 1.807) is 20.8 Å². The maximum absolute atomic E-state index is 11.4. The number of nitrogens with one attached hydrogen (secondary N) is 1. The van der Waals surface area contributed by atoms with Crippen LogP contribution in [0, 0.1) is 11.5 Å². The highest BCUT2D eigenvalue weighted by atomic mass is 28.3. The number of amides is 1. The Hall–Kier alpha value is -0.953. The van der Waals surface area contributed by atoms with E-state index in [-0.39, 0.29) is 0 Å². The Kier molecular flexibility index (Phi) is 3.67. The molecule has 1 N–H and O–H groups in total. The molecular weight excluding hydrogens is 206 g/mol. The molecule has 0 unspecified atom stereocenters. The van der Waals surface area contributed by atoms with Crippen LogP contribution in [0.2, 0.25) is 19.6 Å². The van der Waals surface area contributed by atoms with Crippen LogP contribution in [0.5, 0.6) is 0 Å². The maximum Gasteiger partial charge on any atom is 0.408 e. The van der Waals surface area contributed by atoms with Crippen LogP contribution in [0.25, 0.3) is 0 Å². The highest BCUT2D eigenvalue weighted by Gasteiger charge is 2.15. The third-order valence-corrected chi connectivity index (χ3v) is 1.94. The van der Waals surface area contributed by atoms with Gasteiger partial charge in [0.05, 0.1) is 9.24 Å². The zero-order chi connectivity index (χ0) is 13.9. The third kappa shape index (κ3) is 11.0. The van der Waals surface area contributed by atoms with Gasteiger partial charge in [-0.2, -0.15) is 0 Å². The molecule has 3 nitrogen and oxygen atoms in total. The molecule has 0 aromatic rings. The van der Waals surface area contributed by atoms with Crippen LogP contribution in [0.15, 0.2) is 0 Å². The summed E-state index contributed by atoms with van der Waals surface area (Å²) >= 11 is 0. The van der Waals surface area contributed by atoms with Gasteiger partial charge in [-0.3, -0.25) is 0 Å². The van der Waals surface area contributed by atoms with Crippen molar-refractivity contribution in [3.05, 3.63) is 0 Å². The molecule has 0 aromatic heterocycles. The van der Waals surface area contributed by atoms with Gasteiger partial charge in [-0.15, -0.1) is 5.54 Å². The normalized spacial score (nSPS) is 14.3. The van der Waals surface area contributed by atoms with Crippen LogP contribution in [-0.2, 0) is 4.74 Å². The lowest BCUT2D eigenvalue weighted by Gasteiger charge is -2.19. The molecule has 0 aromatic carbocycles. The van der Waals surface area contributed by atoms with Gasteiger partial charge in [0.2, 0.25) is 0 Å². The largest absolute Gasteiger partial charge is 0.444 e. The molecule has 0 aliphatic carbocycles. The van der Waals surface area contributed by atoms with Gasteiger partial charge in [0, 0.05) is 0 Å². The minimum Gasteiger partial charge on any atom is -0.444 e. The Labute approximate surface area is 96.4 Å². The molecule has 0 atom stereocenters. The van der Waals surface area contributed by atoms with E-state index in [1.165, 1.54) is 0 Å². The van der Waals surface area contributed by atoms with Crippen LogP contribution in [0.3, 0.4) is 0 Å². The molecule has 1 amide bonds. The first-order chi connectivity index (χ1) is 7.31. The molecular formula is C11H21NO2Si. The van der Waals surface area contributed by atoms with Crippen LogP contribution in [0.4, 0.5) is 4.79 Å². The average Bonchev–Trinajstić information content (AvgIpc) is 1.94. The summed E-state index contributed by atoms with van der Waals surface area (Å²) in [5.74, 6) is 2.45. The Balaban J connectivity index is 4.55. The van der Waals surface area contributed by atoms with Crippen molar-refractivity contribution in [2.24, 2.45) is 0 Å². The highest BCUT2D eigenvalue weighted by molar-refractivity contribution is 6.83. The second-order valence-electron chi connectivity index (χ2n) is 5.25. The van der Waals surface area contributed by atoms with Gasteiger partial charge >= 0.3 is 6.09 Å². The number of carbonyl (C=O) groups excluding carboxylic acids is 1. The third-order valence-electron chi connectivity index (χ3n) is 1.06. The quantitative estimate of drug-likeness (QED) is 0.554. The molecule has 0 spiro atoms. The van der Waals surface area contributed by atoms with Crippen molar-refractivity contribution in [3.63, 3.8) is 0 Å². The summed E-state index contributed by atoms with van der Waals surface area (Å²) in [6, 6.07) is 0. The van der Waals surface area contributed by atoms with E-state index in [2.05, 4.69) is 16.8 Å². The van der Waals surface area contributed by atoms with E-state index >= 15 is 0 Å². The summed E-state index contributed by atoms with van der Waals surface area (Å²) in [4.78, 5) is 11.4. The monoisotopic (exact) mass is 229 g/mol. The molecule has 0 rings (SSSR count). The second-order valence-corrected chi connectivity index (χ2v) is 10.0. The van der Waals surface area contributed by atoms with E-state index in [0.29, 0.717) is 0 Å². The van der Waals surface area contributed by atoms with Crippen LogP contribution in [-0.4, -0.2) is 26.3 Å². The number of alkyl carbamates (subject to hydrolysis) is 1. The minimum atomic E-state index is -2.05. The fourth-order valence-electron chi connectivity index (χ4n) is 0.605. The first kappa shape index (κ1) is 10.6. The predicted octanol–water partition coefficient (Wildman–Crippen LogP) is 2.39. The Morgan fingerprint density at radius 3 is 2.40 bits per heavy atom. The standard InChI is InChI=1S/C11H21NO2Si/c1-11(2,3)14-10(13)12-8-7-9-15(4,5)6/h8H2,1-6H3,(H,12,13)/i8D2. The maximum atomic E-state index is 11.4. The molecule has 0 saturated carbocycles. The number of rotatable bonds is 1. The van der Waals surface area contributed by atoms with E-state index < -0.39 is 26.3 Å². The van der Waals surface area contributed by atoms with Crippen LogP contribution >= 0.6 is 0 Å². The summed E-state index contributed by atoms with van der Waals surface area (Å²) in [6.45, 7) is 9.11. The number of carbonyl (C=O) groups is 1. The van der Waals surface area contributed by atoms with Gasteiger partial charge < -0.3 is 10.1 Å². The highest BCUT2D eigenvalue weighted by Crippen LogP contribution is 2.05. The zero-order valence-electron chi connectivity index (χ0n) is 12.3. The summed E-state index contributed by atoms with van der Waals surface area (Å²) in [7, 11) is -1.66. The van der Waals surface area contributed by atoms with E-state index in [9.17, 15) is 4.79 Å². The minimum absolute atomic E-state index is 0.646. The van der Waals surface area contributed by atoms with Gasteiger partial charge in [0.1, 0.15) is 13.7 Å². The van der Waals surface area contributed by atoms with Gasteiger partial charge in [-0.1, -0.05) is 25.6 Å². The Morgan fingerprint density at radius 1 is 1.47 bits per heavy atom. The van der Waals surface area contributed by atoms with Gasteiger partial charge in [0.25, 0.3) is 0 Å². The van der Waals surface area contributed by atoms with Gasteiger partial charge in [-0.05, 0) is 20.8 Å². The molecule has 0 aliphatic rings. The van der Waals surface area contributed by atoms with Crippen molar-refractivity contribution in [2.45, 2.75) is 46.0 Å². The molecule has 86 valence electrons. The average molecular weight is 229 g/mol. The molecule has 0 radical (unpaired) electrons.